The Morgan fingerprint density at radius 3 is 1.30 bits per heavy atom. The van der Waals surface area contributed by atoms with E-state index >= 15 is 0 Å². The SMILES string of the molecule is COC1CC(C)=C(C#CC(C)=CC=CC(C)=CC=CC=C(C)C=CC=C(C)C#CC2=C(C)CC(OC)CC2(C)C)C(C)(C)C1. The maximum atomic E-state index is 5.62. The number of ether oxygens (including phenoxy) is 2. The quantitative estimate of drug-likeness (QED) is 0.206. The average Bonchev–Trinajstić information content (AvgIpc) is 2.93. The average molecular weight is 593 g/mol. The van der Waals surface area contributed by atoms with Crippen LogP contribution < -0.4 is 0 Å². The molecule has 0 radical (unpaired) electrons. The molecule has 2 atom stereocenters. The van der Waals surface area contributed by atoms with E-state index in [0.29, 0.717) is 12.2 Å². The Balaban J connectivity index is 1.94. The second-order valence-corrected chi connectivity index (χ2v) is 13.7. The van der Waals surface area contributed by atoms with Gasteiger partial charge in [-0.25, -0.2) is 0 Å². The number of hydrogen-bond acceptors (Lipinski definition) is 2. The molecule has 0 saturated heterocycles. The van der Waals surface area contributed by atoms with E-state index in [1.807, 2.05) is 0 Å². The van der Waals surface area contributed by atoms with E-state index in [2.05, 4.69) is 154 Å². The maximum absolute atomic E-state index is 5.62. The second-order valence-electron chi connectivity index (χ2n) is 13.7. The Hall–Kier alpha value is -3.30. The lowest BCUT2D eigenvalue weighted by atomic mass is 9.72. The highest BCUT2D eigenvalue weighted by Gasteiger charge is 2.34. The predicted molar refractivity (Wildman–Crippen MR) is 191 cm³/mol. The molecule has 0 aromatic carbocycles. The molecule has 0 N–H and O–H groups in total. The van der Waals surface area contributed by atoms with Gasteiger partial charge in [-0.1, -0.05) is 134 Å². The topological polar surface area (TPSA) is 18.5 Å². The number of hydrogen-bond donors (Lipinski definition) is 0. The summed E-state index contributed by atoms with van der Waals surface area (Å²) in [6.07, 6.45) is 25.4. The number of methoxy groups -OCH3 is 2. The van der Waals surface area contributed by atoms with E-state index in [1.165, 1.54) is 33.4 Å². The second kappa shape index (κ2) is 17.3. The lowest BCUT2D eigenvalue weighted by Gasteiger charge is -2.36. The van der Waals surface area contributed by atoms with E-state index in [0.717, 1.165) is 36.8 Å². The Morgan fingerprint density at radius 2 is 0.977 bits per heavy atom. The minimum atomic E-state index is 0.0452. The summed E-state index contributed by atoms with van der Waals surface area (Å²) < 4.78 is 11.2. The molecule has 236 valence electrons. The van der Waals surface area contributed by atoms with Crippen molar-refractivity contribution in [1.29, 1.82) is 0 Å². The zero-order valence-electron chi connectivity index (χ0n) is 29.6. The van der Waals surface area contributed by atoms with Gasteiger partial charge in [0, 0.05) is 36.2 Å². The molecular weight excluding hydrogens is 536 g/mol. The Bertz CT molecular complexity index is 1320. The normalized spacial score (nSPS) is 23.4. The van der Waals surface area contributed by atoms with Crippen molar-refractivity contribution in [2.24, 2.45) is 10.8 Å². The summed E-state index contributed by atoms with van der Waals surface area (Å²) in [6.45, 7) is 21.8. The molecule has 2 nitrogen and oxygen atoms in total. The van der Waals surface area contributed by atoms with Crippen molar-refractivity contribution >= 4 is 0 Å². The lowest BCUT2D eigenvalue weighted by Crippen LogP contribution is -2.29. The molecular formula is C42H56O2. The molecule has 2 rings (SSSR count). The number of rotatable bonds is 8. The molecule has 0 heterocycles. The van der Waals surface area contributed by atoms with E-state index < -0.39 is 0 Å². The van der Waals surface area contributed by atoms with Crippen molar-refractivity contribution in [3.05, 3.63) is 105 Å². The fraction of sp³-hybridized carbons (Fsp3) is 0.476. The van der Waals surface area contributed by atoms with Crippen LogP contribution in [0.1, 0.15) is 94.9 Å². The van der Waals surface area contributed by atoms with Crippen molar-refractivity contribution in [1.82, 2.24) is 0 Å². The molecule has 0 aromatic rings. The van der Waals surface area contributed by atoms with Crippen LogP contribution >= 0.6 is 0 Å². The zero-order valence-corrected chi connectivity index (χ0v) is 29.6. The molecule has 0 amide bonds. The summed E-state index contributed by atoms with van der Waals surface area (Å²) in [7, 11) is 3.61. The van der Waals surface area contributed by atoms with Gasteiger partial charge in [-0.15, -0.1) is 0 Å². The van der Waals surface area contributed by atoms with Crippen LogP contribution in [0.15, 0.2) is 105 Å². The molecule has 0 aromatic heterocycles. The van der Waals surface area contributed by atoms with Crippen molar-refractivity contribution in [2.75, 3.05) is 14.2 Å². The molecule has 44 heavy (non-hydrogen) atoms. The first kappa shape index (κ1) is 36.9. The minimum absolute atomic E-state index is 0.0452. The Labute approximate surface area is 270 Å². The van der Waals surface area contributed by atoms with Crippen molar-refractivity contribution in [2.45, 2.75) is 107 Å². The molecule has 2 aliphatic carbocycles. The van der Waals surface area contributed by atoms with E-state index in [9.17, 15) is 0 Å². The van der Waals surface area contributed by atoms with Gasteiger partial charge in [-0.2, -0.15) is 0 Å². The third-order valence-electron chi connectivity index (χ3n) is 8.43. The first-order chi connectivity index (χ1) is 20.7. The van der Waals surface area contributed by atoms with Gasteiger partial charge >= 0.3 is 0 Å². The van der Waals surface area contributed by atoms with Gasteiger partial charge in [-0.05, 0) is 78.4 Å². The summed E-state index contributed by atoms with van der Waals surface area (Å²) in [5.41, 5.74) is 9.77. The smallest absolute Gasteiger partial charge is 0.0617 e. The predicted octanol–water partition coefficient (Wildman–Crippen LogP) is 10.7. The fourth-order valence-electron chi connectivity index (χ4n) is 6.03. The third-order valence-corrected chi connectivity index (χ3v) is 8.43. The monoisotopic (exact) mass is 592 g/mol. The van der Waals surface area contributed by atoms with Crippen LogP contribution in [0.5, 0.6) is 0 Å². The zero-order chi connectivity index (χ0) is 32.9. The van der Waals surface area contributed by atoms with Gasteiger partial charge in [0.2, 0.25) is 0 Å². The first-order valence-electron chi connectivity index (χ1n) is 15.9. The highest BCUT2D eigenvalue weighted by atomic mass is 16.5. The van der Waals surface area contributed by atoms with Gasteiger partial charge in [0.25, 0.3) is 0 Å². The van der Waals surface area contributed by atoms with Crippen LogP contribution in [0.3, 0.4) is 0 Å². The maximum Gasteiger partial charge on any atom is 0.0617 e. The van der Waals surface area contributed by atoms with Crippen LogP contribution in [0.4, 0.5) is 0 Å². The van der Waals surface area contributed by atoms with Crippen LogP contribution in [0.2, 0.25) is 0 Å². The largest absolute Gasteiger partial charge is 0.381 e. The van der Waals surface area contributed by atoms with Crippen LogP contribution in [0, 0.1) is 34.5 Å². The van der Waals surface area contributed by atoms with Gasteiger partial charge in [0.1, 0.15) is 0 Å². The van der Waals surface area contributed by atoms with Crippen molar-refractivity contribution < 1.29 is 9.47 Å². The highest BCUT2D eigenvalue weighted by molar-refractivity contribution is 5.46. The van der Waals surface area contributed by atoms with Gasteiger partial charge < -0.3 is 9.47 Å². The summed E-state index contributed by atoms with van der Waals surface area (Å²) in [5, 5.41) is 0. The standard InChI is InChI=1S/C42H56O2/c1-31(19-15-21-33(3)23-25-39-35(5)27-37(43-11)29-41(39,7)8)17-13-14-18-32(2)20-16-22-34(4)24-26-40-36(6)28-38(44-12)30-42(40,9)10/h13-22,37-38H,27-30H2,1-12H3. The summed E-state index contributed by atoms with van der Waals surface area (Å²) in [5.74, 6) is 13.6. The molecule has 0 saturated carbocycles. The Kier molecular flexibility index (Phi) is 14.5. The highest BCUT2D eigenvalue weighted by Crippen LogP contribution is 2.41. The minimum Gasteiger partial charge on any atom is -0.381 e. The van der Waals surface area contributed by atoms with Crippen molar-refractivity contribution in [3.8, 4) is 23.7 Å². The fourth-order valence-corrected chi connectivity index (χ4v) is 6.03. The molecule has 0 bridgehead atoms. The van der Waals surface area contributed by atoms with Crippen LogP contribution in [-0.2, 0) is 9.47 Å². The lowest BCUT2D eigenvalue weighted by molar-refractivity contribution is 0.0628. The van der Waals surface area contributed by atoms with Crippen LogP contribution in [0.25, 0.3) is 0 Å². The molecule has 2 aliphatic rings. The van der Waals surface area contributed by atoms with Gasteiger partial charge in [-0.3, -0.25) is 0 Å². The van der Waals surface area contributed by atoms with Gasteiger partial charge in [0.15, 0.2) is 0 Å². The van der Waals surface area contributed by atoms with Gasteiger partial charge in [0.05, 0.1) is 12.2 Å². The van der Waals surface area contributed by atoms with E-state index in [4.69, 9.17) is 9.47 Å². The molecule has 0 spiro atoms. The van der Waals surface area contributed by atoms with E-state index in [-0.39, 0.29) is 10.8 Å². The molecule has 0 aliphatic heterocycles. The Morgan fingerprint density at radius 1 is 0.614 bits per heavy atom. The first-order valence-corrected chi connectivity index (χ1v) is 15.9. The summed E-state index contributed by atoms with van der Waals surface area (Å²) >= 11 is 0. The third kappa shape index (κ3) is 12.0. The van der Waals surface area contributed by atoms with Crippen molar-refractivity contribution in [3.63, 3.8) is 0 Å². The molecule has 2 heteroatoms. The summed E-state index contributed by atoms with van der Waals surface area (Å²) in [6, 6.07) is 0. The molecule has 0 fully saturated rings. The molecule has 2 unspecified atom stereocenters. The summed E-state index contributed by atoms with van der Waals surface area (Å²) in [4.78, 5) is 0. The van der Waals surface area contributed by atoms with E-state index in [1.54, 1.807) is 14.2 Å². The van der Waals surface area contributed by atoms with Crippen LogP contribution in [-0.4, -0.2) is 26.4 Å². The number of allylic oxidation sites excluding steroid dienone is 16.